The van der Waals surface area contributed by atoms with Gasteiger partial charge in [0, 0.05) is 5.69 Å². The van der Waals surface area contributed by atoms with Crippen molar-refractivity contribution in [2.45, 2.75) is 13.8 Å². The number of hydrogen-bond acceptors (Lipinski definition) is 3. The number of rotatable bonds is 4. The Morgan fingerprint density at radius 3 is 2.50 bits per heavy atom. The normalized spacial score (nSPS) is 10.5. The molecule has 1 aromatic heterocycles. The van der Waals surface area contributed by atoms with Crippen LogP contribution < -0.4 is 10.1 Å². The van der Waals surface area contributed by atoms with Crippen molar-refractivity contribution < 1.29 is 9.53 Å². The smallest absolute Gasteiger partial charge is 0.280 e. The number of aryl methyl sites for hydroxylation is 2. The fourth-order valence-corrected chi connectivity index (χ4v) is 2.39. The van der Waals surface area contributed by atoms with Crippen LogP contribution >= 0.6 is 0 Å². The Morgan fingerprint density at radius 1 is 1.08 bits per heavy atom. The molecule has 5 nitrogen and oxygen atoms in total. The maximum atomic E-state index is 12.6. The van der Waals surface area contributed by atoms with E-state index in [1.807, 2.05) is 62.4 Å². The van der Waals surface area contributed by atoms with E-state index in [1.54, 1.807) is 10.9 Å². The van der Waals surface area contributed by atoms with Gasteiger partial charge in [0.25, 0.3) is 5.91 Å². The summed E-state index contributed by atoms with van der Waals surface area (Å²) in [6, 6.07) is 15.4. The Morgan fingerprint density at radius 2 is 1.83 bits per heavy atom. The number of carbonyl (C=O) groups is 1. The van der Waals surface area contributed by atoms with Crippen molar-refractivity contribution in [2.75, 3.05) is 12.4 Å². The summed E-state index contributed by atoms with van der Waals surface area (Å²) in [4.78, 5) is 12.6. The number of benzene rings is 2. The molecule has 5 heteroatoms. The summed E-state index contributed by atoms with van der Waals surface area (Å²) in [5, 5.41) is 7.24. The van der Waals surface area contributed by atoms with E-state index in [2.05, 4.69) is 10.4 Å². The molecule has 1 amide bonds. The van der Waals surface area contributed by atoms with E-state index in [-0.39, 0.29) is 11.6 Å². The number of methoxy groups -OCH3 is 1. The second kappa shape index (κ2) is 6.58. The number of aromatic nitrogens is 2. The molecule has 0 bridgehead atoms. The molecular formula is C19H19N3O2. The van der Waals surface area contributed by atoms with Crippen LogP contribution in [0.4, 0.5) is 5.69 Å². The molecule has 3 aromatic rings. The Hall–Kier alpha value is -3.08. The predicted molar refractivity (Wildman–Crippen MR) is 94.0 cm³/mol. The van der Waals surface area contributed by atoms with Crippen LogP contribution in [0.1, 0.15) is 21.6 Å². The largest absolute Gasteiger partial charge is 0.493 e. The number of hydrogen-bond donors (Lipinski definition) is 1. The molecule has 0 saturated heterocycles. The maximum absolute atomic E-state index is 12.6. The minimum absolute atomic E-state index is 0.250. The Bertz CT molecular complexity index is 870. The van der Waals surface area contributed by atoms with Crippen LogP contribution in [0.3, 0.4) is 0 Å². The number of para-hydroxylation sites is 1. The highest BCUT2D eigenvalue weighted by molar-refractivity contribution is 6.04. The van der Waals surface area contributed by atoms with Gasteiger partial charge >= 0.3 is 0 Å². The zero-order chi connectivity index (χ0) is 17.1. The highest BCUT2D eigenvalue weighted by Gasteiger charge is 2.18. The quantitative estimate of drug-likeness (QED) is 0.796. The van der Waals surface area contributed by atoms with Crippen molar-refractivity contribution in [3.8, 4) is 11.4 Å². The first-order valence-corrected chi connectivity index (χ1v) is 7.66. The average molecular weight is 321 g/mol. The summed E-state index contributed by atoms with van der Waals surface area (Å²) in [7, 11) is 1.53. The van der Waals surface area contributed by atoms with Gasteiger partial charge in [-0.1, -0.05) is 24.3 Å². The zero-order valence-electron chi connectivity index (χ0n) is 13.9. The van der Waals surface area contributed by atoms with E-state index < -0.39 is 0 Å². The summed E-state index contributed by atoms with van der Waals surface area (Å²) in [6.45, 7) is 4.04. The minimum Gasteiger partial charge on any atom is -0.493 e. The lowest BCUT2D eigenvalue weighted by atomic mass is 10.1. The van der Waals surface area contributed by atoms with Crippen molar-refractivity contribution in [3.63, 3.8) is 0 Å². The molecule has 1 heterocycles. The molecule has 0 aliphatic rings. The van der Waals surface area contributed by atoms with E-state index in [0.29, 0.717) is 5.75 Å². The van der Waals surface area contributed by atoms with Gasteiger partial charge in [0.2, 0.25) is 0 Å². The van der Waals surface area contributed by atoms with E-state index in [4.69, 9.17) is 4.74 Å². The van der Waals surface area contributed by atoms with E-state index in [1.165, 1.54) is 12.7 Å². The standard InChI is InChI=1S/C19H19N3O2/c1-13-9-10-15(11-14(13)2)20-19(23)18-17(24-3)12-22(21-18)16-7-5-4-6-8-16/h4-12H,1-3H3,(H,20,23). The molecule has 0 fully saturated rings. The molecule has 1 N–H and O–H groups in total. The van der Waals surface area contributed by atoms with E-state index >= 15 is 0 Å². The number of carbonyl (C=O) groups excluding carboxylic acids is 1. The van der Waals surface area contributed by atoms with Gasteiger partial charge in [-0.3, -0.25) is 4.79 Å². The summed E-state index contributed by atoms with van der Waals surface area (Å²) < 4.78 is 6.94. The van der Waals surface area contributed by atoms with Gasteiger partial charge in [-0.25, -0.2) is 4.68 Å². The Balaban J connectivity index is 1.89. The number of ether oxygens (including phenoxy) is 1. The lowest BCUT2D eigenvalue weighted by Gasteiger charge is -2.07. The van der Waals surface area contributed by atoms with Gasteiger partial charge in [0.15, 0.2) is 11.4 Å². The number of nitrogens with zero attached hydrogens (tertiary/aromatic N) is 2. The third-order valence-corrected chi connectivity index (χ3v) is 3.90. The molecular weight excluding hydrogens is 302 g/mol. The van der Waals surface area contributed by atoms with Gasteiger partial charge in [0.1, 0.15) is 0 Å². The highest BCUT2D eigenvalue weighted by atomic mass is 16.5. The van der Waals surface area contributed by atoms with Crippen LogP contribution in [-0.2, 0) is 0 Å². The van der Waals surface area contributed by atoms with Crippen molar-refractivity contribution in [1.29, 1.82) is 0 Å². The lowest BCUT2D eigenvalue weighted by molar-refractivity contribution is 0.101. The number of amides is 1. The fourth-order valence-electron chi connectivity index (χ4n) is 2.39. The monoisotopic (exact) mass is 321 g/mol. The van der Waals surface area contributed by atoms with E-state index in [9.17, 15) is 4.79 Å². The second-order valence-electron chi connectivity index (χ2n) is 5.58. The van der Waals surface area contributed by atoms with Crippen LogP contribution in [0.5, 0.6) is 5.75 Å². The van der Waals surface area contributed by atoms with Gasteiger partial charge in [0.05, 0.1) is 19.0 Å². The highest BCUT2D eigenvalue weighted by Crippen LogP contribution is 2.21. The minimum atomic E-state index is -0.301. The Kier molecular flexibility index (Phi) is 4.33. The van der Waals surface area contributed by atoms with Crippen LogP contribution in [0.25, 0.3) is 5.69 Å². The maximum Gasteiger partial charge on any atom is 0.280 e. The molecule has 0 radical (unpaired) electrons. The number of anilines is 1. The molecule has 0 aliphatic heterocycles. The molecule has 0 spiro atoms. The first-order valence-electron chi connectivity index (χ1n) is 7.66. The van der Waals surface area contributed by atoms with Gasteiger partial charge in [-0.2, -0.15) is 5.10 Å². The van der Waals surface area contributed by atoms with Crippen LogP contribution in [-0.4, -0.2) is 22.8 Å². The molecule has 0 aliphatic carbocycles. The van der Waals surface area contributed by atoms with Gasteiger partial charge in [-0.05, 0) is 49.2 Å². The first kappa shape index (κ1) is 15.8. The summed E-state index contributed by atoms with van der Waals surface area (Å²) in [5.74, 6) is 0.130. The molecule has 0 unspecified atom stereocenters. The molecule has 24 heavy (non-hydrogen) atoms. The lowest BCUT2D eigenvalue weighted by Crippen LogP contribution is -2.14. The summed E-state index contributed by atoms with van der Waals surface area (Å²) in [5.41, 5.74) is 4.15. The fraction of sp³-hybridized carbons (Fsp3) is 0.158. The SMILES string of the molecule is COc1cn(-c2ccccc2)nc1C(=O)Nc1ccc(C)c(C)c1. The summed E-state index contributed by atoms with van der Waals surface area (Å²) >= 11 is 0. The van der Waals surface area contributed by atoms with Gasteiger partial charge in [-0.15, -0.1) is 0 Å². The predicted octanol–water partition coefficient (Wildman–Crippen LogP) is 3.75. The molecule has 0 saturated carbocycles. The molecule has 122 valence electrons. The van der Waals surface area contributed by atoms with Crippen molar-refractivity contribution in [3.05, 3.63) is 71.5 Å². The molecule has 3 rings (SSSR count). The summed E-state index contributed by atoms with van der Waals surface area (Å²) in [6.07, 6.45) is 1.70. The van der Waals surface area contributed by atoms with Crippen molar-refractivity contribution >= 4 is 11.6 Å². The third kappa shape index (κ3) is 3.15. The van der Waals surface area contributed by atoms with Crippen LogP contribution in [0, 0.1) is 13.8 Å². The Labute approximate surface area is 140 Å². The first-order chi connectivity index (χ1) is 11.6. The topological polar surface area (TPSA) is 56.2 Å². The molecule has 0 atom stereocenters. The molecule has 2 aromatic carbocycles. The van der Waals surface area contributed by atoms with Gasteiger partial charge < -0.3 is 10.1 Å². The van der Waals surface area contributed by atoms with Crippen molar-refractivity contribution in [1.82, 2.24) is 9.78 Å². The van der Waals surface area contributed by atoms with Crippen molar-refractivity contribution in [2.24, 2.45) is 0 Å². The zero-order valence-corrected chi connectivity index (χ0v) is 13.9. The second-order valence-corrected chi connectivity index (χ2v) is 5.58. The van der Waals surface area contributed by atoms with E-state index in [0.717, 1.165) is 16.9 Å². The van der Waals surface area contributed by atoms with Crippen LogP contribution in [0.15, 0.2) is 54.7 Å². The van der Waals surface area contributed by atoms with Crippen LogP contribution in [0.2, 0.25) is 0 Å². The number of nitrogens with one attached hydrogen (secondary N) is 1. The average Bonchev–Trinajstić information content (AvgIpc) is 3.03. The third-order valence-electron chi connectivity index (χ3n) is 3.90.